The Bertz CT molecular complexity index is 1830. The standard InChI is InChI=1S/C37H29N3/c1-3-11-35-38-36(12-4-2)40-37(39-35)30-23-24-32(29-21-19-27(20-22-29)26-13-6-5-7-14-26)34(25-30)33-18-10-16-28-15-8-9-17-31(28)33/h3-10,12-25H,1,11H2,2H3/b12-4+. The van der Waals surface area contributed by atoms with Crippen molar-refractivity contribution >= 4 is 16.8 Å². The van der Waals surface area contributed by atoms with Gasteiger partial charge in [-0.2, -0.15) is 0 Å². The largest absolute Gasteiger partial charge is 0.213 e. The van der Waals surface area contributed by atoms with Crippen LogP contribution in [-0.2, 0) is 6.42 Å². The molecule has 0 amide bonds. The van der Waals surface area contributed by atoms with Crippen molar-refractivity contribution in [3.05, 3.63) is 146 Å². The monoisotopic (exact) mass is 515 g/mol. The second-order valence-electron chi connectivity index (χ2n) is 9.66. The van der Waals surface area contributed by atoms with Gasteiger partial charge in [0.1, 0.15) is 5.82 Å². The predicted molar refractivity (Wildman–Crippen MR) is 168 cm³/mol. The van der Waals surface area contributed by atoms with Crippen LogP contribution < -0.4 is 0 Å². The van der Waals surface area contributed by atoms with Crippen molar-refractivity contribution in [1.29, 1.82) is 0 Å². The summed E-state index contributed by atoms with van der Waals surface area (Å²) in [5, 5.41) is 2.42. The lowest BCUT2D eigenvalue weighted by Crippen LogP contribution is -2.02. The Morgan fingerprint density at radius 2 is 1.30 bits per heavy atom. The number of nitrogens with zero attached hydrogens (tertiary/aromatic N) is 3. The Balaban J connectivity index is 1.54. The SMILES string of the molecule is C=CCc1nc(/C=C/C)nc(-c2ccc(-c3ccc(-c4ccccc4)cc3)c(-c3cccc4ccccc34)c2)n1. The third-order valence-electron chi connectivity index (χ3n) is 7.00. The number of aromatic nitrogens is 3. The minimum atomic E-state index is 0.585. The molecule has 6 rings (SSSR count). The molecule has 0 aliphatic carbocycles. The van der Waals surface area contributed by atoms with Crippen LogP contribution in [0.15, 0.2) is 134 Å². The quantitative estimate of drug-likeness (QED) is 0.199. The molecular formula is C37H29N3. The first-order chi connectivity index (χ1) is 19.7. The summed E-state index contributed by atoms with van der Waals surface area (Å²) in [6.07, 6.45) is 6.26. The summed E-state index contributed by atoms with van der Waals surface area (Å²) in [4.78, 5) is 14.1. The van der Waals surface area contributed by atoms with E-state index in [9.17, 15) is 0 Å². The summed E-state index contributed by atoms with van der Waals surface area (Å²) < 4.78 is 0. The summed E-state index contributed by atoms with van der Waals surface area (Å²) in [6, 6.07) is 40.8. The van der Waals surface area contributed by atoms with Crippen LogP contribution in [-0.4, -0.2) is 15.0 Å². The van der Waals surface area contributed by atoms with E-state index in [1.807, 2.05) is 31.2 Å². The summed E-state index contributed by atoms with van der Waals surface area (Å²) >= 11 is 0. The number of benzene rings is 5. The van der Waals surface area contributed by atoms with E-state index in [4.69, 9.17) is 9.97 Å². The molecule has 1 heterocycles. The molecule has 0 fully saturated rings. The third kappa shape index (κ3) is 5.10. The molecule has 6 aromatic rings. The van der Waals surface area contributed by atoms with Crippen LogP contribution in [0.5, 0.6) is 0 Å². The van der Waals surface area contributed by atoms with Crippen molar-refractivity contribution in [1.82, 2.24) is 15.0 Å². The summed E-state index contributed by atoms with van der Waals surface area (Å²) in [5.74, 6) is 2.02. The molecular weight excluding hydrogens is 486 g/mol. The van der Waals surface area contributed by atoms with Gasteiger partial charge in [0.15, 0.2) is 11.6 Å². The zero-order chi connectivity index (χ0) is 27.3. The Kier molecular flexibility index (Phi) is 7.11. The summed E-state index contributed by atoms with van der Waals surface area (Å²) in [7, 11) is 0. The van der Waals surface area contributed by atoms with E-state index in [0.717, 1.165) is 22.3 Å². The molecule has 192 valence electrons. The zero-order valence-corrected chi connectivity index (χ0v) is 22.5. The summed E-state index contributed by atoms with van der Waals surface area (Å²) in [5.41, 5.74) is 7.99. The molecule has 0 N–H and O–H groups in total. The maximum Gasteiger partial charge on any atom is 0.163 e. The fraction of sp³-hybridized carbons (Fsp3) is 0.0541. The van der Waals surface area contributed by atoms with E-state index in [1.165, 1.54) is 27.5 Å². The maximum absolute atomic E-state index is 4.79. The molecule has 0 radical (unpaired) electrons. The molecule has 0 atom stereocenters. The van der Waals surface area contributed by atoms with Gasteiger partial charge >= 0.3 is 0 Å². The van der Waals surface area contributed by atoms with Crippen molar-refractivity contribution in [2.24, 2.45) is 0 Å². The lowest BCUT2D eigenvalue weighted by Gasteiger charge is -2.15. The third-order valence-corrected chi connectivity index (χ3v) is 7.00. The van der Waals surface area contributed by atoms with Gasteiger partial charge in [0.2, 0.25) is 0 Å². The molecule has 0 unspecified atom stereocenters. The van der Waals surface area contributed by atoms with Crippen LogP contribution in [0.3, 0.4) is 0 Å². The normalized spacial score (nSPS) is 11.2. The van der Waals surface area contributed by atoms with Crippen LogP contribution in [0, 0.1) is 0 Å². The van der Waals surface area contributed by atoms with Crippen molar-refractivity contribution in [3.8, 4) is 44.8 Å². The van der Waals surface area contributed by atoms with Crippen LogP contribution in [0.25, 0.3) is 61.6 Å². The Labute approximate surface area is 235 Å². The van der Waals surface area contributed by atoms with Crippen molar-refractivity contribution < 1.29 is 0 Å². The number of hydrogen-bond acceptors (Lipinski definition) is 3. The number of fused-ring (bicyclic) bond motifs is 1. The fourth-order valence-corrected chi connectivity index (χ4v) is 5.10. The van der Waals surface area contributed by atoms with Gasteiger partial charge in [0.25, 0.3) is 0 Å². The van der Waals surface area contributed by atoms with Crippen molar-refractivity contribution in [2.75, 3.05) is 0 Å². The van der Waals surface area contributed by atoms with E-state index in [0.29, 0.717) is 23.9 Å². The number of allylic oxidation sites excluding steroid dienone is 2. The lowest BCUT2D eigenvalue weighted by molar-refractivity contribution is 0.928. The van der Waals surface area contributed by atoms with Crippen LogP contribution in [0.2, 0.25) is 0 Å². The van der Waals surface area contributed by atoms with Crippen LogP contribution >= 0.6 is 0 Å². The van der Waals surface area contributed by atoms with Gasteiger partial charge in [-0.3, -0.25) is 0 Å². The molecule has 0 spiro atoms. The lowest BCUT2D eigenvalue weighted by atomic mass is 9.89. The fourth-order valence-electron chi connectivity index (χ4n) is 5.10. The summed E-state index contributed by atoms with van der Waals surface area (Å²) in [6.45, 7) is 5.83. The van der Waals surface area contributed by atoms with Gasteiger partial charge in [-0.25, -0.2) is 15.0 Å². The predicted octanol–water partition coefficient (Wildman–Crippen LogP) is 9.45. The molecule has 0 saturated heterocycles. The Morgan fingerprint density at radius 3 is 2.10 bits per heavy atom. The highest BCUT2D eigenvalue weighted by Crippen LogP contribution is 2.39. The molecule has 0 aliphatic heterocycles. The smallest absolute Gasteiger partial charge is 0.163 e. The topological polar surface area (TPSA) is 38.7 Å². The highest BCUT2D eigenvalue weighted by Gasteiger charge is 2.15. The first-order valence-corrected chi connectivity index (χ1v) is 13.5. The number of rotatable bonds is 7. The maximum atomic E-state index is 4.79. The second-order valence-corrected chi connectivity index (χ2v) is 9.66. The van der Waals surface area contributed by atoms with Crippen LogP contribution in [0.1, 0.15) is 18.6 Å². The van der Waals surface area contributed by atoms with Gasteiger partial charge in [-0.05, 0) is 63.2 Å². The molecule has 3 heteroatoms. The Hall–Kier alpha value is -5.15. The molecule has 0 aliphatic rings. The highest BCUT2D eigenvalue weighted by molar-refractivity contribution is 6.01. The molecule has 0 bridgehead atoms. The first kappa shape index (κ1) is 25.1. The molecule has 40 heavy (non-hydrogen) atoms. The van der Waals surface area contributed by atoms with Crippen molar-refractivity contribution in [2.45, 2.75) is 13.3 Å². The molecule has 3 nitrogen and oxygen atoms in total. The van der Waals surface area contributed by atoms with Crippen molar-refractivity contribution in [3.63, 3.8) is 0 Å². The van der Waals surface area contributed by atoms with E-state index in [-0.39, 0.29) is 0 Å². The molecule has 1 aromatic heterocycles. The average Bonchev–Trinajstić information content (AvgIpc) is 3.01. The van der Waals surface area contributed by atoms with Crippen LogP contribution in [0.4, 0.5) is 0 Å². The minimum Gasteiger partial charge on any atom is -0.213 e. The van der Waals surface area contributed by atoms with Gasteiger partial charge < -0.3 is 0 Å². The molecule has 0 saturated carbocycles. The van der Waals surface area contributed by atoms with Gasteiger partial charge in [0, 0.05) is 12.0 Å². The zero-order valence-electron chi connectivity index (χ0n) is 22.5. The first-order valence-electron chi connectivity index (χ1n) is 13.5. The Morgan fingerprint density at radius 1 is 0.600 bits per heavy atom. The van der Waals surface area contributed by atoms with Gasteiger partial charge in [0.05, 0.1) is 0 Å². The van der Waals surface area contributed by atoms with Gasteiger partial charge in [-0.15, -0.1) is 6.58 Å². The van der Waals surface area contributed by atoms with Gasteiger partial charge in [-0.1, -0.05) is 121 Å². The number of hydrogen-bond donors (Lipinski definition) is 0. The average molecular weight is 516 g/mol. The molecule has 5 aromatic carbocycles. The highest BCUT2D eigenvalue weighted by atomic mass is 15.0. The van der Waals surface area contributed by atoms with E-state index in [1.54, 1.807) is 0 Å². The van der Waals surface area contributed by atoms with E-state index >= 15 is 0 Å². The minimum absolute atomic E-state index is 0.585. The van der Waals surface area contributed by atoms with E-state index < -0.39 is 0 Å². The second kappa shape index (κ2) is 11.3. The van der Waals surface area contributed by atoms with E-state index in [2.05, 4.69) is 121 Å².